The monoisotopic (exact) mass is 641 g/mol. The predicted octanol–water partition coefficient (Wildman–Crippen LogP) is 7.70. The molecule has 0 bridgehead atoms. The van der Waals surface area contributed by atoms with Gasteiger partial charge in [0.05, 0.1) is 47.2 Å². The van der Waals surface area contributed by atoms with Crippen LogP contribution in [0, 0.1) is 18.7 Å². The van der Waals surface area contributed by atoms with Crippen LogP contribution in [-0.2, 0) is 26.5 Å². The third kappa shape index (κ3) is 5.19. The standard InChI is InChI=1S/C36H44FN5O3Si/c1-23-33(41(5)40-39-23)26-18-31-32(38-20-26)29-13-10-27(36(21-44-22-36)45-46(6,7)35(2,3)4)19-30(29)42(31)34(25-14-16-43-17-15-25)24-8-11-28(37)12-9-24/h8-13,18-20,25,34H,14-17,21-22H2,1-7H3/t34-/m1/s1. The van der Waals surface area contributed by atoms with E-state index in [0.29, 0.717) is 26.4 Å². The number of rotatable bonds is 7. The Morgan fingerprint density at radius 2 is 1.72 bits per heavy atom. The Morgan fingerprint density at radius 1 is 1.00 bits per heavy atom. The molecule has 2 fully saturated rings. The number of benzene rings is 2. The van der Waals surface area contributed by atoms with Gasteiger partial charge >= 0.3 is 0 Å². The number of ether oxygens (including phenoxy) is 2. The molecule has 0 saturated carbocycles. The molecule has 0 amide bonds. The van der Waals surface area contributed by atoms with E-state index in [1.54, 1.807) is 16.8 Å². The zero-order valence-electron chi connectivity index (χ0n) is 27.9. The summed E-state index contributed by atoms with van der Waals surface area (Å²) in [6, 6.07) is 15.9. The Labute approximate surface area is 271 Å². The first-order valence-electron chi connectivity index (χ1n) is 16.3. The zero-order valence-corrected chi connectivity index (χ0v) is 28.9. The fourth-order valence-corrected chi connectivity index (χ4v) is 8.53. The van der Waals surface area contributed by atoms with E-state index in [-0.39, 0.29) is 22.8 Å². The number of nitrogens with zero attached hydrogens (tertiary/aromatic N) is 5. The fourth-order valence-electron chi connectivity index (χ4n) is 7.01. The number of halogens is 1. The summed E-state index contributed by atoms with van der Waals surface area (Å²) in [6.45, 7) is 15.9. The second-order valence-electron chi connectivity index (χ2n) is 14.6. The van der Waals surface area contributed by atoms with Crippen molar-refractivity contribution in [3.63, 3.8) is 0 Å². The molecule has 46 heavy (non-hydrogen) atoms. The lowest BCUT2D eigenvalue weighted by molar-refractivity contribution is -0.174. The predicted molar refractivity (Wildman–Crippen MR) is 181 cm³/mol. The maximum Gasteiger partial charge on any atom is 0.193 e. The van der Waals surface area contributed by atoms with Gasteiger partial charge in [-0.25, -0.2) is 9.07 Å². The molecule has 0 radical (unpaired) electrons. The summed E-state index contributed by atoms with van der Waals surface area (Å²) < 4.78 is 37.4. The SMILES string of the molecule is Cc1nnn(C)c1-c1cnc2c3ccc(C4(O[Si](C)(C)C(C)(C)C)COC4)cc3n([C@H](c3ccc(F)cc3)C3CCOCC3)c2c1. The van der Waals surface area contributed by atoms with E-state index < -0.39 is 13.9 Å². The van der Waals surface area contributed by atoms with Gasteiger partial charge in [0.15, 0.2) is 8.32 Å². The average Bonchev–Trinajstić information content (AvgIpc) is 3.51. The van der Waals surface area contributed by atoms with Gasteiger partial charge in [0, 0.05) is 37.4 Å². The van der Waals surface area contributed by atoms with Crippen molar-refractivity contribution in [1.29, 1.82) is 0 Å². The average molecular weight is 642 g/mol. The van der Waals surface area contributed by atoms with Crippen LogP contribution in [0.1, 0.15) is 56.5 Å². The van der Waals surface area contributed by atoms with E-state index in [2.05, 4.69) is 73.0 Å². The second-order valence-corrected chi connectivity index (χ2v) is 19.4. The molecule has 5 heterocycles. The molecular weight excluding hydrogens is 598 g/mol. The molecule has 2 aliphatic heterocycles. The highest BCUT2D eigenvalue weighted by Crippen LogP contribution is 2.47. The molecule has 1 atom stereocenters. The van der Waals surface area contributed by atoms with Crippen LogP contribution in [0.2, 0.25) is 18.1 Å². The van der Waals surface area contributed by atoms with Crippen molar-refractivity contribution in [3.05, 3.63) is 77.4 Å². The number of hydrogen-bond donors (Lipinski definition) is 0. The van der Waals surface area contributed by atoms with Crippen LogP contribution in [0.25, 0.3) is 33.2 Å². The lowest BCUT2D eigenvalue weighted by atomic mass is 9.86. The molecular formula is C36H44FN5O3Si. The molecule has 242 valence electrons. The number of aromatic nitrogens is 5. The summed E-state index contributed by atoms with van der Waals surface area (Å²) in [4.78, 5) is 5.10. The van der Waals surface area contributed by atoms with Crippen molar-refractivity contribution in [2.75, 3.05) is 26.4 Å². The smallest absolute Gasteiger partial charge is 0.193 e. The third-order valence-electron chi connectivity index (χ3n) is 10.6. The van der Waals surface area contributed by atoms with E-state index >= 15 is 0 Å². The van der Waals surface area contributed by atoms with Gasteiger partial charge in [-0.1, -0.05) is 50.3 Å². The van der Waals surface area contributed by atoms with Gasteiger partial charge in [-0.15, -0.1) is 5.10 Å². The summed E-state index contributed by atoms with van der Waals surface area (Å²) in [5.74, 6) is 0.0479. The van der Waals surface area contributed by atoms with Gasteiger partial charge in [-0.3, -0.25) is 4.98 Å². The highest BCUT2D eigenvalue weighted by molar-refractivity contribution is 6.74. The quantitative estimate of drug-likeness (QED) is 0.170. The Balaban J connectivity index is 1.49. The highest BCUT2D eigenvalue weighted by atomic mass is 28.4. The maximum atomic E-state index is 14.3. The summed E-state index contributed by atoms with van der Waals surface area (Å²) in [7, 11) is -0.214. The zero-order chi connectivity index (χ0) is 32.4. The van der Waals surface area contributed by atoms with Crippen molar-refractivity contribution in [2.24, 2.45) is 13.0 Å². The topological polar surface area (TPSA) is 76.2 Å². The Morgan fingerprint density at radius 3 is 2.33 bits per heavy atom. The summed E-state index contributed by atoms with van der Waals surface area (Å²) in [5.41, 5.74) is 7.47. The third-order valence-corrected chi connectivity index (χ3v) is 15.1. The van der Waals surface area contributed by atoms with Gasteiger partial charge in [0.1, 0.15) is 11.4 Å². The van der Waals surface area contributed by atoms with Crippen LogP contribution in [0.15, 0.2) is 54.7 Å². The lowest BCUT2D eigenvalue weighted by Gasteiger charge is -2.50. The van der Waals surface area contributed by atoms with Crippen LogP contribution in [0.4, 0.5) is 4.39 Å². The molecule has 5 aromatic rings. The van der Waals surface area contributed by atoms with Gasteiger partial charge in [0.2, 0.25) is 0 Å². The van der Waals surface area contributed by atoms with Gasteiger partial charge in [-0.2, -0.15) is 0 Å². The van der Waals surface area contributed by atoms with Crippen LogP contribution in [-0.4, -0.2) is 59.3 Å². The molecule has 3 aromatic heterocycles. The van der Waals surface area contributed by atoms with E-state index in [1.807, 2.05) is 32.3 Å². The van der Waals surface area contributed by atoms with E-state index in [9.17, 15) is 4.39 Å². The molecule has 2 saturated heterocycles. The Kier molecular flexibility index (Phi) is 7.70. The number of fused-ring (bicyclic) bond motifs is 3. The molecule has 10 heteroatoms. The van der Waals surface area contributed by atoms with Gasteiger partial charge < -0.3 is 18.5 Å². The number of hydrogen-bond acceptors (Lipinski definition) is 6. The Hall–Kier alpha value is -3.44. The van der Waals surface area contributed by atoms with E-state index in [0.717, 1.165) is 62.9 Å². The van der Waals surface area contributed by atoms with Crippen molar-refractivity contribution in [1.82, 2.24) is 24.5 Å². The van der Waals surface area contributed by atoms with Gasteiger partial charge in [0.25, 0.3) is 0 Å². The number of pyridine rings is 1. The molecule has 0 N–H and O–H groups in total. The van der Waals surface area contributed by atoms with Crippen molar-refractivity contribution < 1.29 is 18.3 Å². The summed E-state index contributed by atoms with van der Waals surface area (Å²) in [5, 5.41) is 9.71. The fraction of sp³-hybridized carbons (Fsp3) is 0.472. The second kappa shape index (κ2) is 11.4. The van der Waals surface area contributed by atoms with Crippen molar-refractivity contribution >= 4 is 30.3 Å². The molecule has 2 aromatic carbocycles. The molecule has 7 rings (SSSR count). The first kappa shape index (κ1) is 31.2. The molecule has 2 aliphatic rings. The van der Waals surface area contributed by atoms with Crippen LogP contribution >= 0.6 is 0 Å². The van der Waals surface area contributed by atoms with Crippen LogP contribution in [0.3, 0.4) is 0 Å². The lowest BCUT2D eigenvalue weighted by Crippen LogP contribution is -2.57. The van der Waals surface area contributed by atoms with Gasteiger partial charge in [-0.05, 0) is 79.2 Å². The number of aryl methyl sites for hydroxylation is 2. The summed E-state index contributed by atoms with van der Waals surface area (Å²) >= 11 is 0. The Bertz CT molecular complexity index is 1880. The molecule has 0 spiro atoms. The maximum absolute atomic E-state index is 14.3. The van der Waals surface area contributed by atoms with Crippen LogP contribution in [0.5, 0.6) is 0 Å². The van der Waals surface area contributed by atoms with Crippen molar-refractivity contribution in [2.45, 2.75) is 70.3 Å². The minimum absolute atomic E-state index is 0.0579. The normalized spacial score (nSPS) is 18.3. The van der Waals surface area contributed by atoms with Crippen LogP contribution < -0.4 is 0 Å². The van der Waals surface area contributed by atoms with E-state index in [1.165, 1.54) is 0 Å². The highest BCUT2D eigenvalue weighted by Gasteiger charge is 2.50. The largest absolute Gasteiger partial charge is 0.403 e. The van der Waals surface area contributed by atoms with Crippen molar-refractivity contribution in [3.8, 4) is 11.3 Å². The summed E-state index contributed by atoms with van der Waals surface area (Å²) in [6.07, 6.45) is 3.75. The molecule has 0 aliphatic carbocycles. The first-order chi connectivity index (χ1) is 21.9. The minimum atomic E-state index is -2.12. The van der Waals surface area contributed by atoms with E-state index in [4.69, 9.17) is 18.9 Å². The molecule has 8 nitrogen and oxygen atoms in total. The first-order valence-corrected chi connectivity index (χ1v) is 19.2. The molecule has 0 unspecified atom stereocenters. The minimum Gasteiger partial charge on any atom is -0.403 e.